The van der Waals surface area contributed by atoms with Gasteiger partial charge in [-0.2, -0.15) is 0 Å². The van der Waals surface area contributed by atoms with Crippen molar-refractivity contribution in [3.8, 4) is 0 Å². The summed E-state index contributed by atoms with van der Waals surface area (Å²) in [4.78, 5) is 2.69. The van der Waals surface area contributed by atoms with Gasteiger partial charge in [0.15, 0.2) is 0 Å². The van der Waals surface area contributed by atoms with Crippen LogP contribution in [0.25, 0.3) is 0 Å². The molecule has 2 fully saturated rings. The van der Waals surface area contributed by atoms with Gasteiger partial charge in [0, 0.05) is 11.6 Å². The van der Waals surface area contributed by atoms with Crippen LogP contribution in [-0.2, 0) is 0 Å². The third kappa shape index (κ3) is 3.06. The highest BCUT2D eigenvalue weighted by Crippen LogP contribution is 2.43. The van der Waals surface area contributed by atoms with E-state index in [-0.39, 0.29) is 0 Å². The van der Waals surface area contributed by atoms with Crippen LogP contribution >= 0.6 is 0 Å². The van der Waals surface area contributed by atoms with Crippen molar-refractivity contribution in [3.05, 3.63) is 0 Å². The van der Waals surface area contributed by atoms with Gasteiger partial charge in [-0.15, -0.1) is 0 Å². The Bertz CT molecular complexity index is 271. The SMILES string of the molecule is CCC1CCC(C(N)C2(N(CC)CC)CCCC2)CC1. The van der Waals surface area contributed by atoms with Gasteiger partial charge in [-0.3, -0.25) is 4.90 Å². The summed E-state index contributed by atoms with van der Waals surface area (Å²) in [5.74, 6) is 1.75. The lowest BCUT2D eigenvalue weighted by atomic mass is 9.71. The molecule has 0 aliphatic heterocycles. The lowest BCUT2D eigenvalue weighted by Crippen LogP contribution is -2.61. The third-order valence-electron chi connectivity index (χ3n) is 6.46. The van der Waals surface area contributed by atoms with E-state index in [4.69, 9.17) is 5.73 Å². The molecule has 20 heavy (non-hydrogen) atoms. The van der Waals surface area contributed by atoms with Gasteiger partial charge in [0.05, 0.1) is 0 Å². The van der Waals surface area contributed by atoms with Crippen LogP contribution in [0.15, 0.2) is 0 Å². The standard InChI is InChI=1S/C18H36N2/c1-4-15-9-11-16(12-10-15)17(19)18(13-7-8-14-18)20(5-2)6-3/h15-17H,4-14,19H2,1-3H3. The molecule has 2 nitrogen and oxygen atoms in total. The molecule has 1 unspecified atom stereocenters. The van der Waals surface area contributed by atoms with Crippen molar-refractivity contribution in [2.45, 2.75) is 90.1 Å². The summed E-state index contributed by atoms with van der Waals surface area (Å²) in [6.45, 7) is 9.29. The van der Waals surface area contributed by atoms with Crippen molar-refractivity contribution < 1.29 is 0 Å². The largest absolute Gasteiger partial charge is 0.326 e. The molecule has 2 N–H and O–H groups in total. The molecule has 2 saturated carbocycles. The smallest absolute Gasteiger partial charge is 0.0362 e. The van der Waals surface area contributed by atoms with Crippen molar-refractivity contribution in [3.63, 3.8) is 0 Å². The minimum Gasteiger partial charge on any atom is -0.326 e. The molecule has 0 aromatic rings. The zero-order valence-electron chi connectivity index (χ0n) is 14.0. The van der Waals surface area contributed by atoms with E-state index in [1.807, 2.05) is 0 Å². The molecule has 0 aromatic heterocycles. The molecule has 0 bridgehead atoms. The van der Waals surface area contributed by atoms with Crippen LogP contribution in [0.2, 0.25) is 0 Å². The molecular weight excluding hydrogens is 244 g/mol. The topological polar surface area (TPSA) is 29.3 Å². The fourth-order valence-electron chi connectivity index (χ4n) is 5.10. The zero-order chi connectivity index (χ0) is 14.6. The summed E-state index contributed by atoms with van der Waals surface area (Å²) in [7, 11) is 0. The number of hydrogen-bond acceptors (Lipinski definition) is 2. The third-order valence-corrected chi connectivity index (χ3v) is 6.46. The molecule has 0 heterocycles. The van der Waals surface area contributed by atoms with Crippen LogP contribution in [0.3, 0.4) is 0 Å². The van der Waals surface area contributed by atoms with Crippen LogP contribution in [0.5, 0.6) is 0 Å². The molecule has 2 aliphatic carbocycles. The highest BCUT2D eigenvalue weighted by atomic mass is 15.2. The molecule has 118 valence electrons. The maximum Gasteiger partial charge on any atom is 0.0362 e. The lowest BCUT2D eigenvalue weighted by Gasteiger charge is -2.48. The Morgan fingerprint density at radius 2 is 1.55 bits per heavy atom. The van der Waals surface area contributed by atoms with Crippen molar-refractivity contribution in [2.24, 2.45) is 17.6 Å². The fourth-order valence-corrected chi connectivity index (χ4v) is 5.10. The molecule has 0 amide bonds. The van der Waals surface area contributed by atoms with Crippen LogP contribution in [0.1, 0.15) is 78.6 Å². The van der Waals surface area contributed by atoms with Gasteiger partial charge in [0.25, 0.3) is 0 Å². The highest BCUT2D eigenvalue weighted by molar-refractivity contribution is 5.04. The maximum absolute atomic E-state index is 6.89. The number of nitrogens with two attached hydrogens (primary N) is 1. The summed E-state index contributed by atoms with van der Waals surface area (Å²) in [6.07, 6.45) is 12.4. The van der Waals surface area contributed by atoms with E-state index in [1.54, 1.807) is 0 Å². The van der Waals surface area contributed by atoms with E-state index in [1.165, 1.54) is 57.8 Å². The van der Waals surface area contributed by atoms with Gasteiger partial charge in [0.2, 0.25) is 0 Å². The number of rotatable bonds is 6. The highest BCUT2D eigenvalue weighted by Gasteiger charge is 2.46. The normalized spacial score (nSPS) is 31.6. The van der Waals surface area contributed by atoms with E-state index in [0.717, 1.165) is 24.9 Å². The van der Waals surface area contributed by atoms with Crippen molar-refractivity contribution in [2.75, 3.05) is 13.1 Å². The van der Waals surface area contributed by atoms with E-state index in [0.29, 0.717) is 11.6 Å². The predicted molar refractivity (Wildman–Crippen MR) is 87.8 cm³/mol. The molecule has 1 atom stereocenters. The minimum atomic E-state index is 0.327. The summed E-state index contributed by atoms with van der Waals surface area (Å²) in [5, 5.41) is 0. The second-order valence-electron chi connectivity index (χ2n) is 7.20. The van der Waals surface area contributed by atoms with Crippen LogP contribution < -0.4 is 5.73 Å². The van der Waals surface area contributed by atoms with Crippen LogP contribution in [0.4, 0.5) is 0 Å². The Morgan fingerprint density at radius 3 is 2.00 bits per heavy atom. The zero-order valence-corrected chi connectivity index (χ0v) is 14.0. The minimum absolute atomic E-state index is 0.327. The summed E-state index contributed by atoms with van der Waals surface area (Å²) in [6, 6.07) is 0.405. The van der Waals surface area contributed by atoms with Crippen molar-refractivity contribution in [1.82, 2.24) is 4.90 Å². The Kier molecular flexibility index (Phi) is 5.92. The van der Waals surface area contributed by atoms with Crippen molar-refractivity contribution >= 4 is 0 Å². The molecule has 0 radical (unpaired) electrons. The number of nitrogens with zero attached hydrogens (tertiary/aromatic N) is 1. The second kappa shape index (κ2) is 7.26. The Morgan fingerprint density at radius 1 is 1.00 bits per heavy atom. The summed E-state index contributed by atoms with van der Waals surface area (Å²) < 4.78 is 0. The Balaban J connectivity index is 2.06. The lowest BCUT2D eigenvalue weighted by molar-refractivity contribution is 0.0427. The van der Waals surface area contributed by atoms with Crippen molar-refractivity contribution in [1.29, 1.82) is 0 Å². The van der Waals surface area contributed by atoms with Crippen LogP contribution in [-0.4, -0.2) is 29.6 Å². The first-order valence-corrected chi connectivity index (χ1v) is 9.18. The van der Waals surface area contributed by atoms with Gasteiger partial charge >= 0.3 is 0 Å². The molecule has 2 heteroatoms. The Labute approximate surface area is 126 Å². The van der Waals surface area contributed by atoms with Gasteiger partial charge in [-0.25, -0.2) is 0 Å². The van der Waals surface area contributed by atoms with E-state index in [9.17, 15) is 0 Å². The molecular formula is C18H36N2. The average molecular weight is 280 g/mol. The quantitative estimate of drug-likeness (QED) is 0.790. The van der Waals surface area contributed by atoms with E-state index < -0.39 is 0 Å². The molecule has 0 spiro atoms. The second-order valence-corrected chi connectivity index (χ2v) is 7.20. The Hall–Kier alpha value is -0.0800. The predicted octanol–water partition coefficient (Wildman–Crippen LogP) is 4.18. The first-order valence-electron chi connectivity index (χ1n) is 9.18. The molecule has 2 aliphatic rings. The molecule has 2 rings (SSSR count). The van der Waals surface area contributed by atoms with Gasteiger partial charge in [-0.05, 0) is 50.6 Å². The van der Waals surface area contributed by atoms with Gasteiger partial charge < -0.3 is 5.73 Å². The fraction of sp³-hybridized carbons (Fsp3) is 1.00. The van der Waals surface area contributed by atoms with Gasteiger partial charge in [0.1, 0.15) is 0 Å². The molecule has 0 aromatic carbocycles. The number of hydrogen-bond donors (Lipinski definition) is 1. The average Bonchev–Trinajstić information content (AvgIpc) is 2.98. The first kappa shape index (κ1) is 16.3. The molecule has 0 saturated heterocycles. The summed E-state index contributed by atoms with van der Waals surface area (Å²) >= 11 is 0. The van der Waals surface area contributed by atoms with E-state index >= 15 is 0 Å². The van der Waals surface area contributed by atoms with Crippen LogP contribution in [0, 0.1) is 11.8 Å². The number of likely N-dealkylation sites (N-methyl/N-ethyl adjacent to an activating group) is 1. The monoisotopic (exact) mass is 280 g/mol. The maximum atomic E-state index is 6.89. The van der Waals surface area contributed by atoms with E-state index in [2.05, 4.69) is 25.7 Å². The van der Waals surface area contributed by atoms with Gasteiger partial charge in [-0.1, -0.05) is 52.9 Å². The summed E-state index contributed by atoms with van der Waals surface area (Å²) in [5.41, 5.74) is 7.21. The first-order chi connectivity index (χ1) is 9.67.